The molecule has 0 unspecified atom stereocenters. The van der Waals surface area contributed by atoms with E-state index in [2.05, 4.69) is 21.2 Å². The standard InChI is InChI=1S/C24H32FN5O/c25-22-4-3-5-23(21(22)18-27)30-16-14-29(15-17-30)13-11-19-7-9-20(10-8-19)28-24(31)6-1-2-12-26/h3-5,19-20H,1-2,6-11,13-17H2,(H,28,31). The third kappa shape index (κ3) is 6.67. The van der Waals surface area contributed by atoms with Crippen LogP contribution in [0.1, 0.15) is 56.9 Å². The zero-order valence-electron chi connectivity index (χ0n) is 18.2. The Labute approximate surface area is 184 Å². The van der Waals surface area contributed by atoms with Gasteiger partial charge in [0.15, 0.2) is 0 Å². The second-order valence-corrected chi connectivity index (χ2v) is 8.66. The van der Waals surface area contributed by atoms with Crippen LogP contribution in [0.25, 0.3) is 0 Å². The van der Waals surface area contributed by atoms with Crippen molar-refractivity contribution in [2.24, 2.45) is 5.92 Å². The fraction of sp³-hybridized carbons (Fsp3) is 0.625. The Morgan fingerprint density at radius 3 is 2.55 bits per heavy atom. The van der Waals surface area contributed by atoms with Crippen LogP contribution in [0.3, 0.4) is 0 Å². The maximum atomic E-state index is 13.9. The number of benzene rings is 1. The Morgan fingerprint density at radius 2 is 1.87 bits per heavy atom. The predicted molar refractivity (Wildman–Crippen MR) is 118 cm³/mol. The first-order chi connectivity index (χ1) is 15.1. The van der Waals surface area contributed by atoms with E-state index in [9.17, 15) is 14.4 Å². The molecule has 0 aromatic heterocycles. The van der Waals surface area contributed by atoms with Crippen LogP contribution in [0, 0.1) is 34.4 Å². The van der Waals surface area contributed by atoms with Crippen LogP contribution in [0.15, 0.2) is 18.2 Å². The van der Waals surface area contributed by atoms with Gasteiger partial charge in [-0.3, -0.25) is 9.69 Å². The first-order valence-corrected chi connectivity index (χ1v) is 11.4. The lowest BCUT2D eigenvalue weighted by Crippen LogP contribution is -2.47. The zero-order valence-corrected chi connectivity index (χ0v) is 18.2. The number of unbranched alkanes of at least 4 members (excludes halogenated alkanes) is 1. The number of nitrogens with zero attached hydrogens (tertiary/aromatic N) is 4. The number of nitriles is 2. The average Bonchev–Trinajstić information content (AvgIpc) is 2.79. The Balaban J connectivity index is 1.34. The van der Waals surface area contributed by atoms with Gasteiger partial charge in [0.1, 0.15) is 17.4 Å². The Morgan fingerprint density at radius 1 is 1.13 bits per heavy atom. The number of nitrogens with one attached hydrogen (secondary N) is 1. The minimum atomic E-state index is -0.448. The number of hydrogen-bond acceptors (Lipinski definition) is 5. The summed E-state index contributed by atoms with van der Waals surface area (Å²) in [5, 5.41) is 20.9. The van der Waals surface area contributed by atoms with Crippen molar-refractivity contribution >= 4 is 11.6 Å². The van der Waals surface area contributed by atoms with Crippen molar-refractivity contribution in [3.63, 3.8) is 0 Å². The van der Waals surface area contributed by atoms with Crippen LogP contribution in [0.5, 0.6) is 0 Å². The summed E-state index contributed by atoms with van der Waals surface area (Å²) in [6.45, 7) is 4.54. The van der Waals surface area contributed by atoms with Crippen LogP contribution in [0.2, 0.25) is 0 Å². The van der Waals surface area contributed by atoms with Gasteiger partial charge in [-0.15, -0.1) is 0 Å². The van der Waals surface area contributed by atoms with E-state index in [1.807, 2.05) is 12.1 Å². The molecule has 1 heterocycles. The first kappa shape index (κ1) is 23.0. The number of carbonyl (C=O) groups excluding carboxylic acids is 1. The first-order valence-electron chi connectivity index (χ1n) is 11.4. The van der Waals surface area contributed by atoms with E-state index in [1.54, 1.807) is 6.07 Å². The normalized spacial score (nSPS) is 21.8. The predicted octanol–water partition coefficient (Wildman–Crippen LogP) is 3.58. The Kier molecular flexibility index (Phi) is 8.67. The van der Waals surface area contributed by atoms with Crippen molar-refractivity contribution in [3.05, 3.63) is 29.6 Å². The second kappa shape index (κ2) is 11.7. The number of anilines is 1. The van der Waals surface area contributed by atoms with Gasteiger partial charge < -0.3 is 10.2 Å². The summed E-state index contributed by atoms with van der Waals surface area (Å²) >= 11 is 0. The number of carbonyl (C=O) groups is 1. The van der Waals surface area contributed by atoms with Crippen LogP contribution < -0.4 is 10.2 Å². The topological polar surface area (TPSA) is 83.2 Å². The largest absolute Gasteiger partial charge is 0.368 e. The molecular weight excluding hydrogens is 393 g/mol. The maximum absolute atomic E-state index is 13.9. The highest BCUT2D eigenvalue weighted by Crippen LogP contribution is 2.28. The van der Waals surface area contributed by atoms with E-state index in [1.165, 1.54) is 12.5 Å². The second-order valence-electron chi connectivity index (χ2n) is 8.66. The molecule has 2 fully saturated rings. The fourth-order valence-corrected chi connectivity index (χ4v) is 4.69. The molecule has 1 aliphatic carbocycles. The summed E-state index contributed by atoms with van der Waals surface area (Å²) in [5.41, 5.74) is 0.847. The summed E-state index contributed by atoms with van der Waals surface area (Å²) < 4.78 is 13.9. The summed E-state index contributed by atoms with van der Waals surface area (Å²) in [6, 6.07) is 9.20. The summed E-state index contributed by atoms with van der Waals surface area (Å²) in [6.07, 6.45) is 7.09. The molecule has 2 aliphatic rings. The Hall–Kier alpha value is -2.64. The molecule has 1 amide bonds. The molecule has 1 aliphatic heterocycles. The van der Waals surface area contributed by atoms with Gasteiger partial charge in [0.25, 0.3) is 0 Å². The van der Waals surface area contributed by atoms with Gasteiger partial charge in [0.2, 0.25) is 5.91 Å². The lowest BCUT2D eigenvalue weighted by atomic mass is 9.84. The van der Waals surface area contributed by atoms with Gasteiger partial charge in [-0.2, -0.15) is 10.5 Å². The van der Waals surface area contributed by atoms with Crippen molar-refractivity contribution in [3.8, 4) is 12.1 Å². The van der Waals surface area contributed by atoms with Crippen LogP contribution in [-0.2, 0) is 4.79 Å². The van der Waals surface area contributed by atoms with Gasteiger partial charge in [-0.25, -0.2) is 4.39 Å². The van der Waals surface area contributed by atoms with E-state index in [-0.39, 0.29) is 17.5 Å². The average molecular weight is 426 g/mol. The van der Waals surface area contributed by atoms with E-state index in [4.69, 9.17) is 5.26 Å². The third-order valence-electron chi connectivity index (χ3n) is 6.57. The van der Waals surface area contributed by atoms with Crippen LogP contribution in [0.4, 0.5) is 10.1 Å². The number of rotatable bonds is 8. The van der Waals surface area contributed by atoms with Crippen LogP contribution >= 0.6 is 0 Å². The Bertz CT molecular complexity index is 814. The summed E-state index contributed by atoms with van der Waals surface area (Å²) in [7, 11) is 0. The number of piperazine rings is 1. The molecule has 1 aromatic rings. The summed E-state index contributed by atoms with van der Waals surface area (Å²) in [4.78, 5) is 16.5. The highest BCUT2D eigenvalue weighted by atomic mass is 19.1. The molecular formula is C24H32FN5O. The van der Waals surface area contributed by atoms with Gasteiger partial charge in [-0.1, -0.05) is 6.07 Å². The van der Waals surface area contributed by atoms with E-state index in [0.29, 0.717) is 30.9 Å². The molecule has 1 aromatic carbocycles. The molecule has 1 N–H and O–H groups in total. The molecule has 0 radical (unpaired) electrons. The van der Waals surface area contributed by atoms with Gasteiger partial charge in [-0.05, 0) is 63.1 Å². The van der Waals surface area contributed by atoms with Gasteiger partial charge in [0, 0.05) is 45.1 Å². The number of hydrogen-bond donors (Lipinski definition) is 1. The SMILES string of the molecule is N#CCCCC(=O)NC1CCC(CCN2CCN(c3cccc(F)c3C#N)CC2)CC1. The number of halogens is 1. The summed E-state index contributed by atoms with van der Waals surface area (Å²) in [5.74, 6) is 0.337. The quantitative estimate of drug-likeness (QED) is 0.644. The van der Waals surface area contributed by atoms with E-state index < -0.39 is 5.82 Å². The lowest BCUT2D eigenvalue weighted by molar-refractivity contribution is -0.122. The van der Waals surface area contributed by atoms with Crippen molar-refractivity contribution < 1.29 is 9.18 Å². The molecule has 0 spiro atoms. The van der Waals surface area contributed by atoms with Crippen LogP contribution in [-0.4, -0.2) is 49.6 Å². The highest BCUT2D eigenvalue weighted by molar-refractivity contribution is 5.76. The molecule has 6 nitrogen and oxygen atoms in total. The van der Waals surface area contributed by atoms with Crippen molar-refractivity contribution in [2.45, 2.75) is 57.4 Å². The van der Waals surface area contributed by atoms with Crippen molar-refractivity contribution in [2.75, 3.05) is 37.6 Å². The highest BCUT2D eigenvalue weighted by Gasteiger charge is 2.24. The third-order valence-corrected chi connectivity index (χ3v) is 6.57. The zero-order chi connectivity index (χ0) is 22.1. The van der Waals surface area contributed by atoms with Gasteiger partial charge in [0.05, 0.1) is 11.8 Å². The molecule has 1 saturated carbocycles. The minimum absolute atomic E-state index is 0.0782. The number of amides is 1. The minimum Gasteiger partial charge on any atom is -0.368 e. The van der Waals surface area contributed by atoms with Gasteiger partial charge >= 0.3 is 0 Å². The monoisotopic (exact) mass is 425 g/mol. The fourth-order valence-electron chi connectivity index (χ4n) is 4.69. The smallest absolute Gasteiger partial charge is 0.220 e. The lowest BCUT2D eigenvalue weighted by Gasteiger charge is -2.37. The molecule has 0 bridgehead atoms. The molecule has 3 rings (SSSR count). The molecule has 0 atom stereocenters. The molecule has 166 valence electrons. The molecule has 7 heteroatoms. The van der Waals surface area contributed by atoms with E-state index >= 15 is 0 Å². The molecule has 31 heavy (non-hydrogen) atoms. The van der Waals surface area contributed by atoms with Crippen molar-refractivity contribution in [1.82, 2.24) is 10.2 Å². The van der Waals surface area contributed by atoms with E-state index in [0.717, 1.165) is 58.4 Å². The maximum Gasteiger partial charge on any atom is 0.220 e. The van der Waals surface area contributed by atoms with Crippen molar-refractivity contribution in [1.29, 1.82) is 10.5 Å². The molecule has 1 saturated heterocycles.